The minimum atomic E-state index is -5.08. The first-order valence-electron chi connectivity index (χ1n) is 6.39. The molecule has 1 aliphatic rings. The number of carbonyl (C=O) groups is 1. The topological polar surface area (TPSA) is 49.3 Å². The second-order valence-corrected chi connectivity index (χ2v) is 5.99. The van der Waals surface area contributed by atoms with Gasteiger partial charge in [0.15, 0.2) is 0 Å². The zero-order chi connectivity index (χ0) is 18.5. The molecule has 3 nitrogen and oxygen atoms in total. The van der Waals surface area contributed by atoms with Gasteiger partial charge in [-0.15, -0.1) is 0 Å². The first kappa shape index (κ1) is 20.6. The summed E-state index contributed by atoms with van der Waals surface area (Å²) in [6, 6.07) is 2.71. The molecule has 11 heteroatoms. The molecule has 0 radical (unpaired) electrons. The van der Waals surface area contributed by atoms with Crippen LogP contribution in [0.3, 0.4) is 0 Å². The van der Waals surface area contributed by atoms with Crippen molar-refractivity contribution >= 4 is 17.7 Å². The number of halogens is 7. The third kappa shape index (κ3) is 6.56. The molecule has 0 spiro atoms. The van der Waals surface area contributed by atoms with E-state index in [9.17, 15) is 30.7 Å². The van der Waals surface area contributed by atoms with Crippen molar-refractivity contribution in [3.8, 4) is 0 Å². The minimum Gasteiger partial charge on any atom is -0.475 e. The summed E-state index contributed by atoms with van der Waals surface area (Å²) in [6.07, 6.45) is -9.57. The zero-order valence-electron chi connectivity index (χ0n) is 11.8. The van der Waals surface area contributed by atoms with Gasteiger partial charge in [0.1, 0.15) is 5.82 Å². The lowest BCUT2D eigenvalue weighted by atomic mass is 10.1. The predicted octanol–water partition coefficient (Wildman–Crippen LogP) is 3.68. The molecule has 0 bridgehead atoms. The lowest BCUT2D eigenvalue weighted by molar-refractivity contribution is -0.192. The maximum atomic E-state index is 13.4. The number of thioether (sulfide) groups is 1. The first-order chi connectivity index (χ1) is 10.9. The van der Waals surface area contributed by atoms with Gasteiger partial charge in [-0.2, -0.15) is 38.1 Å². The van der Waals surface area contributed by atoms with Crippen LogP contribution in [0.1, 0.15) is 11.1 Å². The lowest BCUT2D eigenvalue weighted by Gasteiger charge is -2.26. The summed E-state index contributed by atoms with van der Waals surface area (Å²) in [5.41, 5.74) is -0.607. The van der Waals surface area contributed by atoms with E-state index < -0.39 is 29.7 Å². The highest BCUT2D eigenvalue weighted by molar-refractivity contribution is 7.99. The van der Waals surface area contributed by atoms with Gasteiger partial charge in [-0.3, -0.25) is 0 Å². The van der Waals surface area contributed by atoms with E-state index in [4.69, 9.17) is 9.90 Å². The highest BCUT2D eigenvalue weighted by Gasteiger charge is 2.38. The molecule has 2 rings (SSSR count). The smallest absolute Gasteiger partial charge is 0.475 e. The summed E-state index contributed by atoms with van der Waals surface area (Å²) < 4.78 is 82.1. The van der Waals surface area contributed by atoms with Crippen LogP contribution in [0.25, 0.3) is 0 Å². The van der Waals surface area contributed by atoms with E-state index >= 15 is 0 Å². The zero-order valence-corrected chi connectivity index (χ0v) is 12.7. The summed E-state index contributed by atoms with van der Waals surface area (Å²) in [6.45, 7) is 1.76. The fraction of sp³-hybridized carbons (Fsp3) is 0.462. The molecular formula is C13H12F7NO2S. The molecular weight excluding hydrogens is 367 g/mol. The maximum absolute atomic E-state index is 13.4. The number of alkyl halides is 6. The molecule has 1 aromatic carbocycles. The number of carboxylic acids is 1. The molecule has 0 amide bonds. The van der Waals surface area contributed by atoms with Crippen molar-refractivity contribution < 1.29 is 40.6 Å². The number of benzene rings is 1. The first-order valence-corrected chi connectivity index (χ1v) is 7.44. The summed E-state index contributed by atoms with van der Waals surface area (Å²) in [7, 11) is 0. The van der Waals surface area contributed by atoms with Gasteiger partial charge in [0.25, 0.3) is 0 Å². The summed E-state index contributed by atoms with van der Waals surface area (Å²) in [5, 5.41) is 10.6. The Bertz CT molecular complexity index is 570. The van der Waals surface area contributed by atoms with Crippen molar-refractivity contribution in [3.05, 3.63) is 35.1 Å². The molecule has 0 aromatic heterocycles. The molecule has 0 aliphatic carbocycles. The van der Waals surface area contributed by atoms with Crippen molar-refractivity contribution in [2.75, 3.05) is 13.1 Å². The van der Waals surface area contributed by atoms with Crippen LogP contribution in [0.4, 0.5) is 30.7 Å². The Balaban J connectivity index is 0.000000351. The van der Waals surface area contributed by atoms with E-state index in [1.54, 1.807) is 11.8 Å². The van der Waals surface area contributed by atoms with Gasteiger partial charge in [-0.05, 0) is 17.7 Å². The van der Waals surface area contributed by atoms with Gasteiger partial charge in [0.05, 0.1) is 5.56 Å². The second-order valence-electron chi connectivity index (χ2n) is 4.70. The van der Waals surface area contributed by atoms with Gasteiger partial charge < -0.3 is 10.4 Å². The average molecular weight is 379 g/mol. The Morgan fingerprint density at radius 3 is 2.08 bits per heavy atom. The van der Waals surface area contributed by atoms with Crippen molar-refractivity contribution in [2.24, 2.45) is 0 Å². The molecule has 2 N–H and O–H groups in total. The number of aliphatic carboxylic acids is 1. The number of hydrogen-bond acceptors (Lipinski definition) is 3. The van der Waals surface area contributed by atoms with E-state index in [0.29, 0.717) is 22.6 Å². The Labute approximate surface area is 136 Å². The van der Waals surface area contributed by atoms with Gasteiger partial charge in [-0.1, -0.05) is 6.07 Å². The van der Waals surface area contributed by atoms with E-state index in [1.165, 1.54) is 6.07 Å². The fourth-order valence-corrected chi connectivity index (χ4v) is 2.55. The van der Waals surface area contributed by atoms with E-state index in [1.807, 2.05) is 0 Å². The van der Waals surface area contributed by atoms with Crippen LogP contribution in [-0.4, -0.2) is 35.6 Å². The van der Waals surface area contributed by atoms with Crippen molar-refractivity contribution in [2.45, 2.75) is 23.4 Å². The number of nitrogens with one attached hydrogen (secondary N) is 1. The van der Waals surface area contributed by atoms with Gasteiger partial charge >= 0.3 is 18.3 Å². The molecule has 24 heavy (non-hydrogen) atoms. The lowest BCUT2D eigenvalue weighted by Crippen LogP contribution is -2.44. The van der Waals surface area contributed by atoms with Crippen LogP contribution in [0.15, 0.2) is 18.2 Å². The monoisotopic (exact) mass is 379 g/mol. The van der Waals surface area contributed by atoms with Crippen LogP contribution in [0.5, 0.6) is 0 Å². The van der Waals surface area contributed by atoms with Crippen molar-refractivity contribution in [3.63, 3.8) is 0 Å². The van der Waals surface area contributed by atoms with Crippen LogP contribution in [0, 0.1) is 5.82 Å². The highest BCUT2D eigenvalue weighted by atomic mass is 32.2. The highest BCUT2D eigenvalue weighted by Crippen LogP contribution is 2.31. The maximum Gasteiger partial charge on any atom is 0.490 e. The SMILES string of the molecule is Fc1cc(C(F)(F)F)ccc1CSC1CNC1.O=C(O)C(F)(F)F. The van der Waals surface area contributed by atoms with Crippen molar-refractivity contribution in [1.82, 2.24) is 5.32 Å². The van der Waals surface area contributed by atoms with Gasteiger partial charge in [0.2, 0.25) is 0 Å². The molecule has 0 unspecified atom stereocenters. The molecule has 1 saturated heterocycles. The molecule has 1 heterocycles. The fourth-order valence-electron chi connectivity index (χ4n) is 1.43. The number of hydrogen-bond donors (Lipinski definition) is 2. The molecule has 1 fully saturated rings. The Hall–Kier alpha value is -1.49. The van der Waals surface area contributed by atoms with E-state index in [0.717, 1.165) is 19.2 Å². The largest absolute Gasteiger partial charge is 0.490 e. The standard InChI is InChI=1S/C11H11F4NS.C2HF3O2/c12-10-3-8(11(13,14)15)2-1-7(10)6-17-9-4-16-5-9;3-2(4,5)1(6)7/h1-3,9,16H,4-6H2;(H,6,7). The normalized spacial score (nSPS) is 15.3. The van der Waals surface area contributed by atoms with E-state index in [2.05, 4.69) is 5.32 Å². The quantitative estimate of drug-likeness (QED) is 0.787. The van der Waals surface area contributed by atoms with Crippen LogP contribution >= 0.6 is 11.8 Å². The Kier molecular flexibility index (Phi) is 6.90. The molecule has 0 atom stereocenters. The Morgan fingerprint density at radius 2 is 1.75 bits per heavy atom. The summed E-state index contributed by atoms with van der Waals surface area (Å²) >= 11 is 1.56. The average Bonchev–Trinajstić information content (AvgIpc) is 2.37. The summed E-state index contributed by atoms with van der Waals surface area (Å²) in [5.74, 6) is -3.12. The predicted molar refractivity (Wildman–Crippen MR) is 73.0 cm³/mol. The van der Waals surface area contributed by atoms with Crippen LogP contribution < -0.4 is 5.32 Å². The number of carboxylic acid groups (broad SMARTS) is 1. The second kappa shape index (κ2) is 8.06. The Morgan fingerprint density at radius 1 is 1.21 bits per heavy atom. The molecule has 1 aromatic rings. The number of rotatable bonds is 3. The third-order valence-corrected chi connectivity index (χ3v) is 4.12. The van der Waals surface area contributed by atoms with Crippen molar-refractivity contribution in [1.29, 1.82) is 0 Å². The summed E-state index contributed by atoms with van der Waals surface area (Å²) in [4.78, 5) is 8.90. The van der Waals surface area contributed by atoms with Crippen LogP contribution in [0.2, 0.25) is 0 Å². The van der Waals surface area contributed by atoms with E-state index in [-0.39, 0.29) is 0 Å². The van der Waals surface area contributed by atoms with Gasteiger partial charge in [0, 0.05) is 24.1 Å². The third-order valence-electron chi connectivity index (χ3n) is 2.84. The molecule has 0 saturated carbocycles. The van der Waals surface area contributed by atoms with Crippen LogP contribution in [-0.2, 0) is 16.7 Å². The van der Waals surface area contributed by atoms with Gasteiger partial charge in [-0.25, -0.2) is 9.18 Å². The molecule has 136 valence electrons. The minimum absolute atomic E-state index is 0.329. The molecule has 1 aliphatic heterocycles.